The summed E-state index contributed by atoms with van der Waals surface area (Å²) in [7, 11) is 2.48. The van der Waals surface area contributed by atoms with E-state index in [1.165, 1.54) is 36.2 Å². The molecule has 2 fully saturated rings. The Balaban J connectivity index is 0.00000484. The Hall–Kier alpha value is -3.06. The number of carbonyl (C=O) groups is 2. The number of benzene rings is 2. The average Bonchev–Trinajstić information content (AvgIpc) is 3.37. The molecule has 2 aromatic carbocycles. The molecule has 0 unspecified atom stereocenters. The number of nitrogens with zero attached hydrogens (tertiary/aromatic N) is 3. The maximum Gasteiger partial charge on any atom is 0.416 e. The molecule has 0 radical (unpaired) electrons. The van der Waals surface area contributed by atoms with Crippen molar-refractivity contribution < 1.29 is 40.3 Å². The van der Waals surface area contributed by atoms with Crippen LogP contribution in [0.25, 0.3) is 0 Å². The van der Waals surface area contributed by atoms with E-state index in [-0.39, 0.29) is 43.4 Å². The second kappa shape index (κ2) is 13.1. The molecule has 2 aromatic rings. The van der Waals surface area contributed by atoms with E-state index in [1.807, 2.05) is 0 Å². The van der Waals surface area contributed by atoms with Gasteiger partial charge in [0.05, 0.1) is 17.2 Å². The standard InChI is InChI=1S/C28H31F7N4O2.ClH/c1-37(22-13-19(27(30,31)32)12-20(14-22)28(33,34)35)26(41)38(2)24-16-39(25(40)11-17-7-9-36-10-8-17)15-23(24)18-3-5-21(29)6-4-18;/h3-6,12-14,17,23-24,36H,7-11,15-16H2,1-2H3;1H/t23-,24+;/m0./s1. The van der Waals surface area contributed by atoms with Gasteiger partial charge < -0.3 is 15.1 Å². The molecule has 2 saturated heterocycles. The van der Waals surface area contributed by atoms with Crippen molar-refractivity contribution in [2.24, 2.45) is 5.92 Å². The lowest BCUT2D eigenvalue weighted by atomic mass is 9.93. The number of anilines is 1. The highest BCUT2D eigenvalue weighted by Gasteiger charge is 2.42. The second-order valence-electron chi connectivity index (χ2n) is 10.6. The van der Waals surface area contributed by atoms with Crippen LogP contribution in [0.2, 0.25) is 0 Å². The van der Waals surface area contributed by atoms with Crippen LogP contribution < -0.4 is 10.2 Å². The maximum absolute atomic E-state index is 13.6. The number of rotatable bonds is 5. The van der Waals surface area contributed by atoms with Crippen LogP contribution in [0.5, 0.6) is 0 Å². The van der Waals surface area contributed by atoms with Gasteiger partial charge in [0, 0.05) is 45.2 Å². The lowest BCUT2D eigenvalue weighted by molar-refractivity contribution is -0.143. The number of nitrogens with one attached hydrogen (secondary N) is 1. The van der Waals surface area contributed by atoms with E-state index < -0.39 is 53.0 Å². The van der Waals surface area contributed by atoms with Crippen LogP contribution in [-0.4, -0.2) is 68.1 Å². The largest absolute Gasteiger partial charge is 0.416 e. The molecular weight excluding hydrogens is 593 g/mol. The van der Waals surface area contributed by atoms with Crippen molar-refractivity contribution in [1.82, 2.24) is 15.1 Å². The number of urea groups is 1. The quantitative estimate of drug-likeness (QED) is 0.406. The van der Waals surface area contributed by atoms with Gasteiger partial charge in [-0.15, -0.1) is 12.4 Å². The first-order valence-electron chi connectivity index (χ1n) is 13.2. The number of carbonyl (C=O) groups excluding carboxylic acids is 2. The van der Waals surface area contributed by atoms with Gasteiger partial charge >= 0.3 is 18.4 Å². The Morgan fingerprint density at radius 1 is 0.905 bits per heavy atom. The lowest BCUT2D eigenvalue weighted by Crippen LogP contribution is -2.47. The van der Waals surface area contributed by atoms with Crippen LogP contribution in [0.15, 0.2) is 42.5 Å². The molecule has 232 valence electrons. The summed E-state index contributed by atoms with van der Waals surface area (Å²) in [6.07, 6.45) is -8.11. The van der Waals surface area contributed by atoms with Gasteiger partial charge in [0.15, 0.2) is 0 Å². The van der Waals surface area contributed by atoms with Gasteiger partial charge in [0.1, 0.15) is 5.82 Å². The summed E-state index contributed by atoms with van der Waals surface area (Å²) in [5.74, 6) is -0.826. The van der Waals surface area contributed by atoms with Crippen LogP contribution >= 0.6 is 12.4 Å². The van der Waals surface area contributed by atoms with Gasteiger partial charge in [-0.2, -0.15) is 26.3 Å². The molecule has 2 aliphatic heterocycles. The first-order valence-corrected chi connectivity index (χ1v) is 13.2. The van der Waals surface area contributed by atoms with Crippen molar-refractivity contribution in [2.75, 3.05) is 45.2 Å². The molecule has 0 bridgehead atoms. The first kappa shape index (κ1) is 33.4. The molecule has 2 heterocycles. The second-order valence-corrected chi connectivity index (χ2v) is 10.6. The molecule has 0 aliphatic carbocycles. The van der Waals surface area contributed by atoms with Crippen LogP contribution in [0.4, 0.5) is 41.2 Å². The van der Waals surface area contributed by atoms with Crippen molar-refractivity contribution in [1.29, 1.82) is 0 Å². The fraction of sp³-hybridized carbons (Fsp3) is 0.500. The van der Waals surface area contributed by atoms with E-state index in [2.05, 4.69) is 5.32 Å². The number of halogens is 8. The van der Waals surface area contributed by atoms with E-state index in [0.29, 0.717) is 24.1 Å². The molecule has 4 rings (SSSR count). The van der Waals surface area contributed by atoms with Crippen LogP contribution in [0, 0.1) is 11.7 Å². The Kier molecular flexibility index (Phi) is 10.4. The molecule has 2 aliphatic rings. The molecule has 6 nitrogen and oxygen atoms in total. The minimum absolute atomic E-state index is 0. The molecule has 42 heavy (non-hydrogen) atoms. The third-order valence-corrected chi connectivity index (χ3v) is 7.91. The maximum atomic E-state index is 13.6. The molecular formula is C28H32ClF7N4O2. The Morgan fingerprint density at radius 3 is 1.98 bits per heavy atom. The molecule has 0 aromatic heterocycles. The predicted octanol–water partition coefficient (Wildman–Crippen LogP) is 6.16. The van der Waals surface area contributed by atoms with Gasteiger partial charge in [-0.3, -0.25) is 9.69 Å². The fourth-order valence-electron chi connectivity index (χ4n) is 5.50. The fourth-order valence-corrected chi connectivity index (χ4v) is 5.50. The van der Waals surface area contributed by atoms with Gasteiger partial charge in [-0.1, -0.05) is 12.1 Å². The van der Waals surface area contributed by atoms with Gasteiger partial charge in [0.25, 0.3) is 0 Å². The van der Waals surface area contributed by atoms with Crippen LogP contribution in [0.3, 0.4) is 0 Å². The Morgan fingerprint density at radius 2 is 1.45 bits per heavy atom. The highest BCUT2D eigenvalue weighted by molar-refractivity contribution is 5.92. The molecule has 2 atom stereocenters. The molecule has 3 amide bonds. The molecule has 0 saturated carbocycles. The summed E-state index contributed by atoms with van der Waals surface area (Å²) >= 11 is 0. The Labute approximate surface area is 245 Å². The third kappa shape index (κ3) is 7.66. The zero-order valence-corrected chi connectivity index (χ0v) is 23.8. The van der Waals surface area contributed by atoms with Crippen molar-refractivity contribution in [3.63, 3.8) is 0 Å². The third-order valence-electron chi connectivity index (χ3n) is 7.91. The van der Waals surface area contributed by atoms with Gasteiger partial charge in [0.2, 0.25) is 5.91 Å². The van der Waals surface area contributed by atoms with E-state index in [1.54, 1.807) is 4.90 Å². The molecule has 0 spiro atoms. The minimum atomic E-state index is -5.07. The topological polar surface area (TPSA) is 55.9 Å². The number of likely N-dealkylation sites (tertiary alicyclic amines) is 1. The zero-order chi connectivity index (χ0) is 30.1. The summed E-state index contributed by atoms with van der Waals surface area (Å²) < 4.78 is 94.1. The summed E-state index contributed by atoms with van der Waals surface area (Å²) in [5, 5.41) is 3.24. The summed E-state index contributed by atoms with van der Waals surface area (Å²) in [6, 6.07) is 5.03. The zero-order valence-electron chi connectivity index (χ0n) is 22.9. The summed E-state index contributed by atoms with van der Waals surface area (Å²) in [5.41, 5.74) is -3.01. The van der Waals surface area contributed by atoms with E-state index in [9.17, 15) is 40.3 Å². The van der Waals surface area contributed by atoms with Crippen molar-refractivity contribution in [3.05, 3.63) is 65.0 Å². The van der Waals surface area contributed by atoms with E-state index in [4.69, 9.17) is 0 Å². The number of amides is 3. The summed E-state index contributed by atoms with van der Waals surface area (Å²) in [4.78, 5) is 30.3. The highest BCUT2D eigenvalue weighted by atomic mass is 35.5. The van der Waals surface area contributed by atoms with Crippen LogP contribution in [-0.2, 0) is 17.1 Å². The van der Waals surface area contributed by atoms with Gasteiger partial charge in [-0.05, 0) is 67.7 Å². The van der Waals surface area contributed by atoms with Crippen molar-refractivity contribution in [2.45, 2.75) is 43.6 Å². The number of alkyl halides is 6. The van der Waals surface area contributed by atoms with Crippen molar-refractivity contribution in [3.8, 4) is 0 Å². The number of piperidine rings is 1. The molecule has 1 N–H and O–H groups in total. The normalized spacial score (nSPS) is 19.8. The molecule has 14 heteroatoms. The summed E-state index contributed by atoms with van der Waals surface area (Å²) in [6.45, 7) is 1.96. The Bertz CT molecular complexity index is 1220. The lowest BCUT2D eigenvalue weighted by Gasteiger charge is -2.33. The minimum Gasteiger partial charge on any atom is -0.340 e. The smallest absolute Gasteiger partial charge is 0.340 e. The first-order chi connectivity index (χ1) is 19.1. The van der Waals surface area contributed by atoms with E-state index in [0.717, 1.165) is 37.9 Å². The van der Waals surface area contributed by atoms with E-state index >= 15 is 0 Å². The number of hydrogen-bond acceptors (Lipinski definition) is 3. The number of likely N-dealkylation sites (N-methyl/N-ethyl adjacent to an activating group) is 1. The average molecular weight is 625 g/mol. The monoisotopic (exact) mass is 624 g/mol. The predicted molar refractivity (Wildman–Crippen MR) is 145 cm³/mol. The van der Waals surface area contributed by atoms with Crippen molar-refractivity contribution >= 4 is 30.0 Å². The van der Waals surface area contributed by atoms with Gasteiger partial charge in [-0.25, -0.2) is 9.18 Å². The number of hydrogen-bond donors (Lipinski definition) is 1. The highest BCUT2D eigenvalue weighted by Crippen LogP contribution is 2.39. The SMILES string of the molecule is CN(C(=O)N(C)[C@@H]1CN(C(=O)CC2CCNCC2)C[C@H]1c1ccc(F)cc1)c1cc(C(F)(F)F)cc(C(F)(F)F)c1.Cl. The van der Waals surface area contributed by atoms with Crippen LogP contribution in [0.1, 0.15) is 41.9 Å².